The molecule has 1 N–H and O–H groups in total. The van der Waals surface area contributed by atoms with Crippen LogP contribution in [0.3, 0.4) is 0 Å². The summed E-state index contributed by atoms with van der Waals surface area (Å²) >= 11 is 0. The monoisotopic (exact) mass is 404 g/mol. The highest BCUT2D eigenvalue weighted by Crippen LogP contribution is 2.24. The van der Waals surface area contributed by atoms with E-state index in [0.717, 1.165) is 5.56 Å². The molecule has 1 atom stereocenters. The lowest BCUT2D eigenvalue weighted by atomic mass is 10.1. The molecule has 4 aromatic rings. The Bertz CT molecular complexity index is 1240. The predicted octanol–water partition coefficient (Wildman–Crippen LogP) is 3.95. The molecule has 0 saturated carbocycles. The van der Waals surface area contributed by atoms with Gasteiger partial charge in [0.25, 0.3) is 5.56 Å². The third-order valence-corrected chi connectivity index (χ3v) is 4.80. The third kappa shape index (κ3) is 4.23. The summed E-state index contributed by atoms with van der Waals surface area (Å²) < 4.78 is 20.2. The van der Waals surface area contributed by atoms with Crippen LogP contribution in [0.2, 0.25) is 0 Å². The molecule has 4 rings (SSSR count). The van der Waals surface area contributed by atoms with Gasteiger partial charge in [-0.05, 0) is 55.0 Å². The van der Waals surface area contributed by atoms with Gasteiger partial charge < -0.3 is 9.84 Å². The second kappa shape index (κ2) is 8.47. The van der Waals surface area contributed by atoms with E-state index in [-0.39, 0.29) is 24.5 Å². The second-order valence-electron chi connectivity index (χ2n) is 7.17. The fraction of sp³-hybridized carbons (Fsp3) is 0.167. The van der Waals surface area contributed by atoms with Gasteiger partial charge in [-0.25, -0.2) is 9.07 Å². The van der Waals surface area contributed by atoms with Gasteiger partial charge in [0.1, 0.15) is 24.3 Å². The number of aromatic nitrogens is 2. The van der Waals surface area contributed by atoms with Crippen molar-refractivity contribution in [2.24, 2.45) is 0 Å². The van der Waals surface area contributed by atoms with E-state index in [1.54, 1.807) is 24.3 Å². The fourth-order valence-electron chi connectivity index (χ4n) is 3.33. The van der Waals surface area contributed by atoms with Crippen molar-refractivity contribution in [1.82, 2.24) is 9.78 Å². The molecule has 0 spiro atoms. The van der Waals surface area contributed by atoms with Crippen LogP contribution in [-0.4, -0.2) is 27.6 Å². The highest BCUT2D eigenvalue weighted by molar-refractivity contribution is 5.93. The lowest BCUT2D eigenvalue weighted by molar-refractivity contribution is 0.0882. The van der Waals surface area contributed by atoms with Crippen LogP contribution >= 0.6 is 0 Å². The molecule has 30 heavy (non-hydrogen) atoms. The number of hydrogen-bond donors (Lipinski definition) is 1. The number of fused-ring (bicyclic) bond motifs is 1. The third-order valence-electron chi connectivity index (χ3n) is 4.80. The minimum absolute atomic E-state index is 0.0241. The van der Waals surface area contributed by atoms with E-state index in [1.807, 2.05) is 43.3 Å². The number of aryl methyl sites for hydroxylation is 1. The number of halogens is 1. The molecule has 0 aliphatic heterocycles. The van der Waals surface area contributed by atoms with Crippen molar-refractivity contribution >= 4 is 10.8 Å². The van der Waals surface area contributed by atoms with E-state index in [9.17, 15) is 14.3 Å². The molecule has 0 amide bonds. The molecule has 0 aliphatic carbocycles. The zero-order valence-corrected chi connectivity index (χ0v) is 16.5. The van der Waals surface area contributed by atoms with Gasteiger partial charge in [0.2, 0.25) is 0 Å². The van der Waals surface area contributed by atoms with Crippen LogP contribution in [0.25, 0.3) is 22.0 Å². The molecule has 3 aromatic carbocycles. The Morgan fingerprint density at radius 3 is 2.50 bits per heavy atom. The lowest BCUT2D eigenvalue weighted by Gasteiger charge is -2.15. The lowest BCUT2D eigenvalue weighted by Crippen LogP contribution is -2.32. The molecule has 0 fully saturated rings. The summed E-state index contributed by atoms with van der Waals surface area (Å²) in [6, 6.07) is 20.6. The number of hydrogen-bond acceptors (Lipinski definition) is 4. The molecular weight excluding hydrogens is 383 g/mol. The van der Waals surface area contributed by atoms with Gasteiger partial charge in [0, 0.05) is 10.9 Å². The second-order valence-corrected chi connectivity index (χ2v) is 7.17. The molecule has 5 nitrogen and oxygen atoms in total. The number of rotatable bonds is 6. The fourth-order valence-corrected chi connectivity index (χ4v) is 3.33. The summed E-state index contributed by atoms with van der Waals surface area (Å²) in [5.41, 5.74) is 1.99. The smallest absolute Gasteiger partial charge is 0.274 e. The Balaban J connectivity index is 1.64. The predicted molar refractivity (Wildman–Crippen MR) is 114 cm³/mol. The standard InChI is InChI=1S/C24H21FN2O3/c1-16-5-4-6-20(13-16)30-15-19(28)14-27-24(29)22-8-3-2-7-21(22)23(26-27)17-9-11-18(25)12-10-17/h2-13,19,28H,14-15H2,1H3. The first-order valence-electron chi connectivity index (χ1n) is 9.64. The Morgan fingerprint density at radius 2 is 1.77 bits per heavy atom. The minimum Gasteiger partial charge on any atom is -0.491 e. The first-order valence-corrected chi connectivity index (χ1v) is 9.64. The zero-order chi connectivity index (χ0) is 21.1. The summed E-state index contributed by atoms with van der Waals surface area (Å²) in [4.78, 5) is 12.9. The molecule has 1 heterocycles. The normalized spacial score (nSPS) is 12.1. The maximum absolute atomic E-state index is 13.4. The van der Waals surface area contributed by atoms with Crippen molar-refractivity contribution in [1.29, 1.82) is 0 Å². The van der Waals surface area contributed by atoms with E-state index in [2.05, 4.69) is 5.10 Å². The van der Waals surface area contributed by atoms with Crippen LogP contribution in [-0.2, 0) is 6.54 Å². The van der Waals surface area contributed by atoms with Crippen LogP contribution in [0, 0.1) is 12.7 Å². The number of benzene rings is 3. The van der Waals surface area contributed by atoms with Gasteiger partial charge in [-0.1, -0.05) is 30.3 Å². The van der Waals surface area contributed by atoms with Crippen LogP contribution in [0.15, 0.2) is 77.6 Å². The number of aliphatic hydroxyl groups excluding tert-OH is 1. The summed E-state index contributed by atoms with van der Waals surface area (Å²) in [6.07, 6.45) is -0.932. The van der Waals surface area contributed by atoms with Gasteiger partial charge in [-0.3, -0.25) is 4.79 Å². The highest BCUT2D eigenvalue weighted by atomic mass is 19.1. The van der Waals surface area contributed by atoms with Crippen molar-refractivity contribution in [3.63, 3.8) is 0 Å². The van der Waals surface area contributed by atoms with Crippen molar-refractivity contribution < 1.29 is 14.2 Å². The van der Waals surface area contributed by atoms with Crippen molar-refractivity contribution in [2.45, 2.75) is 19.6 Å². The van der Waals surface area contributed by atoms with Crippen molar-refractivity contribution in [2.75, 3.05) is 6.61 Å². The van der Waals surface area contributed by atoms with Crippen LogP contribution in [0.1, 0.15) is 5.56 Å². The average Bonchev–Trinajstić information content (AvgIpc) is 2.75. The quantitative estimate of drug-likeness (QED) is 0.529. The summed E-state index contributed by atoms with van der Waals surface area (Å²) in [5.74, 6) is 0.306. The Labute approximate surface area is 173 Å². The summed E-state index contributed by atoms with van der Waals surface area (Å²) in [5, 5.41) is 16.1. The molecule has 0 aliphatic rings. The molecule has 0 saturated heterocycles. The van der Waals surface area contributed by atoms with E-state index in [1.165, 1.54) is 16.8 Å². The SMILES string of the molecule is Cc1cccc(OCC(O)Cn2nc(-c3ccc(F)cc3)c3ccccc3c2=O)c1. The molecule has 6 heteroatoms. The van der Waals surface area contributed by atoms with E-state index in [4.69, 9.17) is 4.74 Å². The zero-order valence-electron chi connectivity index (χ0n) is 16.5. The minimum atomic E-state index is -0.932. The number of nitrogens with zero attached hydrogens (tertiary/aromatic N) is 2. The van der Waals surface area contributed by atoms with Crippen molar-refractivity contribution in [3.05, 3.63) is 94.5 Å². The van der Waals surface area contributed by atoms with Gasteiger partial charge in [-0.15, -0.1) is 0 Å². The van der Waals surface area contributed by atoms with Crippen LogP contribution < -0.4 is 10.3 Å². The molecule has 0 radical (unpaired) electrons. The summed E-state index contributed by atoms with van der Waals surface area (Å²) in [7, 11) is 0. The number of aliphatic hydroxyl groups is 1. The topological polar surface area (TPSA) is 64.3 Å². The Kier molecular flexibility index (Phi) is 5.59. The Morgan fingerprint density at radius 1 is 1.03 bits per heavy atom. The molecule has 0 bridgehead atoms. The first-order chi connectivity index (χ1) is 14.5. The maximum atomic E-state index is 13.4. The van der Waals surface area contributed by atoms with Gasteiger partial charge in [-0.2, -0.15) is 5.10 Å². The van der Waals surface area contributed by atoms with Gasteiger partial charge >= 0.3 is 0 Å². The van der Waals surface area contributed by atoms with E-state index >= 15 is 0 Å². The molecular formula is C24H21FN2O3. The Hall–Kier alpha value is -3.51. The molecule has 152 valence electrons. The average molecular weight is 404 g/mol. The van der Waals surface area contributed by atoms with Crippen LogP contribution in [0.4, 0.5) is 4.39 Å². The maximum Gasteiger partial charge on any atom is 0.274 e. The molecule has 1 aromatic heterocycles. The van der Waals surface area contributed by atoms with Crippen LogP contribution in [0.5, 0.6) is 5.75 Å². The largest absolute Gasteiger partial charge is 0.491 e. The summed E-state index contributed by atoms with van der Waals surface area (Å²) in [6.45, 7) is 1.96. The van der Waals surface area contributed by atoms with Gasteiger partial charge in [0.05, 0.1) is 17.6 Å². The first kappa shape index (κ1) is 19.8. The van der Waals surface area contributed by atoms with Gasteiger partial charge in [0.15, 0.2) is 0 Å². The van der Waals surface area contributed by atoms with E-state index in [0.29, 0.717) is 27.8 Å². The molecule has 1 unspecified atom stereocenters. The van der Waals surface area contributed by atoms with Crippen molar-refractivity contribution in [3.8, 4) is 17.0 Å². The highest BCUT2D eigenvalue weighted by Gasteiger charge is 2.15. The number of ether oxygens (including phenoxy) is 1. The van der Waals surface area contributed by atoms with E-state index < -0.39 is 6.10 Å².